The first kappa shape index (κ1) is 25.1. The molecular formula is C28H32N6O5. The lowest BCUT2D eigenvalue weighted by Gasteiger charge is -2.36. The van der Waals surface area contributed by atoms with E-state index in [9.17, 15) is 19.2 Å². The molecule has 0 spiro atoms. The Hall–Kier alpha value is -4.15. The van der Waals surface area contributed by atoms with Crippen molar-refractivity contribution >= 4 is 41.1 Å². The van der Waals surface area contributed by atoms with Gasteiger partial charge in [0.25, 0.3) is 5.91 Å². The molecule has 3 aliphatic heterocycles. The van der Waals surface area contributed by atoms with Crippen LogP contribution in [0.5, 0.6) is 0 Å². The van der Waals surface area contributed by atoms with Crippen LogP contribution in [0.25, 0.3) is 0 Å². The predicted molar refractivity (Wildman–Crippen MR) is 144 cm³/mol. The molecule has 39 heavy (non-hydrogen) atoms. The Balaban J connectivity index is 1.23. The van der Waals surface area contributed by atoms with Crippen LogP contribution in [0.4, 0.5) is 26.8 Å². The zero-order chi connectivity index (χ0) is 27.3. The smallest absolute Gasteiger partial charge is 0.414 e. The van der Waals surface area contributed by atoms with Crippen molar-refractivity contribution in [2.45, 2.75) is 32.6 Å². The number of hydrogen-bond acceptors (Lipinski definition) is 7. The molecule has 1 aromatic carbocycles. The number of carbonyl (C=O) groups excluding carboxylic acids is 4. The van der Waals surface area contributed by atoms with Gasteiger partial charge in [-0.05, 0) is 55.0 Å². The molecule has 0 radical (unpaired) electrons. The number of urea groups is 1. The number of nitrogens with zero attached hydrogens (tertiary/aromatic N) is 6. The Kier molecular flexibility index (Phi) is 6.36. The van der Waals surface area contributed by atoms with E-state index >= 15 is 0 Å². The Morgan fingerprint density at radius 3 is 2.33 bits per heavy atom. The van der Waals surface area contributed by atoms with Crippen molar-refractivity contribution in [3.63, 3.8) is 0 Å². The lowest BCUT2D eigenvalue weighted by Crippen LogP contribution is -2.49. The number of imide groups is 1. The van der Waals surface area contributed by atoms with Crippen LogP contribution >= 0.6 is 0 Å². The molecule has 204 valence electrons. The summed E-state index contributed by atoms with van der Waals surface area (Å²) in [5.41, 5.74) is 3.75. The van der Waals surface area contributed by atoms with Gasteiger partial charge in [0, 0.05) is 58.1 Å². The number of aryl methyl sites for hydroxylation is 1. The largest absolute Gasteiger partial charge is 0.447 e. The highest BCUT2D eigenvalue weighted by Gasteiger charge is 2.36. The van der Waals surface area contributed by atoms with E-state index in [0.29, 0.717) is 55.6 Å². The number of carbonyl (C=O) groups is 4. The van der Waals surface area contributed by atoms with Crippen LogP contribution < -0.4 is 14.7 Å². The van der Waals surface area contributed by atoms with Gasteiger partial charge in [-0.3, -0.25) is 24.3 Å². The number of hydrogen-bond donors (Lipinski definition) is 0. The number of cyclic esters (lactones) is 1. The van der Waals surface area contributed by atoms with Crippen molar-refractivity contribution in [3.8, 4) is 0 Å². The molecule has 1 aliphatic carbocycles. The van der Waals surface area contributed by atoms with Gasteiger partial charge in [-0.2, -0.15) is 0 Å². The molecule has 11 nitrogen and oxygen atoms in total. The monoisotopic (exact) mass is 532 g/mol. The highest BCUT2D eigenvalue weighted by atomic mass is 16.6. The van der Waals surface area contributed by atoms with E-state index in [1.54, 1.807) is 23.1 Å². The fourth-order valence-electron chi connectivity index (χ4n) is 5.62. The quantitative estimate of drug-likeness (QED) is 0.583. The Morgan fingerprint density at radius 1 is 0.949 bits per heavy atom. The molecule has 0 atom stereocenters. The van der Waals surface area contributed by atoms with Crippen LogP contribution in [-0.4, -0.2) is 91.1 Å². The van der Waals surface area contributed by atoms with E-state index in [0.717, 1.165) is 16.3 Å². The molecule has 6 rings (SSSR count). The normalized spacial score (nSPS) is 19.7. The third-order valence-electron chi connectivity index (χ3n) is 7.95. The minimum absolute atomic E-state index is 0.192. The molecule has 4 heterocycles. The van der Waals surface area contributed by atoms with Crippen LogP contribution in [0.2, 0.25) is 0 Å². The van der Waals surface area contributed by atoms with Crippen molar-refractivity contribution in [1.29, 1.82) is 0 Å². The predicted octanol–water partition coefficient (Wildman–Crippen LogP) is 2.97. The first-order valence-electron chi connectivity index (χ1n) is 13.5. The van der Waals surface area contributed by atoms with Gasteiger partial charge >= 0.3 is 12.1 Å². The topological polar surface area (TPSA) is 107 Å². The van der Waals surface area contributed by atoms with Crippen molar-refractivity contribution < 1.29 is 23.9 Å². The summed E-state index contributed by atoms with van der Waals surface area (Å²) < 4.78 is 5.07. The highest BCUT2D eigenvalue weighted by Crippen LogP contribution is 2.40. The van der Waals surface area contributed by atoms with E-state index in [1.807, 2.05) is 6.20 Å². The number of rotatable bonds is 5. The Labute approximate surface area is 226 Å². The van der Waals surface area contributed by atoms with Gasteiger partial charge in [0.05, 0.1) is 17.8 Å². The van der Waals surface area contributed by atoms with Crippen molar-refractivity contribution in [3.05, 3.63) is 47.2 Å². The summed E-state index contributed by atoms with van der Waals surface area (Å²) in [5.74, 6) is 1.07. The summed E-state index contributed by atoms with van der Waals surface area (Å²) in [4.78, 5) is 63.9. The summed E-state index contributed by atoms with van der Waals surface area (Å²) in [6.45, 7) is 6.92. The average molecular weight is 533 g/mol. The maximum Gasteiger partial charge on any atom is 0.414 e. The summed E-state index contributed by atoms with van der Waals surface area (Å²) in [7, 11) is 0. The maximum atomic E-state index is 13.8. The second kappa shape index (κ2) is 9.87. The third-order valence-corrected chi connectivity index (χ3v) is 7.95. The van der Waals surface area contributed by atoms with E-state index in [1.165, 1.54) is 35.1 Å². The second-order valence-corrected chi connectivity index (χ2v) is 10.5. The van der Waals surface area contributed by atoms with E-state index in [4.69, 9.17) is 9.72 Å². The van der Waals surface area contributed by atoms with Crippen LogP contribution in [0.15, 0.2) is 30.5 Å². The number of amides is 5. The molecular weight excluding hydrogens is 500 g/mol. The Bertz CT molecular complexity index is 1350. The lowest BCUT2D eigenvalue weighted by atomic mass is 10.1. The minimum Gasteiger partial charge on any atom is -0.447 e. The van der Waals surface area contributed by atoms with Gasteiger partial charge in [0.2, 0.25) is 5.91 Å². The third kappa shape index (κ3) is 4.66. The van der Waals surface area contributed by atoms with Crippen LogP contribution in [0.1, 0.15) is 47.2 Å². The summed E-state index contributed by atoms with van der Waals surface area (Å²) in [6, 6.07) is 6.80. The molecule has 0 unspecified atom stereocenters. The van der Waals surface area contributed by atoms with Gasteiger partial charge in [-0.15, -0.1) is 0 Å². The maximum absolute atomic E-state index is 13.8. The van der Waals surface area contributed by atoms with Gasteiger partial charge in [0.15, 0.2) is 0 Å². The fraction of sp³-hybridized carbons (Fsp3) is 0.464. The van der Waals surface area contributed by atoms with Gasteiger partial charge in [-0.1, -0.05) is 6.07 Å². The lowest BCUT2D eigenvalue weighted by molar-refractivity contribution is -0.125. The van der Waals surface area contributed by atoms with Crippen molar-refractivity contribution in [2.75, 3.05) is 67.1 Å². The fourth-order valence-corrected chi connectivity index (χ4v) is 5.62. The molecule has 4 aliphatic rings. The molecule has 4 fully saturated rings. The molecule has 3 saturated heterocycles. The van der Waals surface area contributed by atoms with Gasteiger partial charge in [-0.25, -0.2) is 14.6 Å². The van der Waals surface area contributed by atoms with E-state index < -0.39 is 12.1 Å². The number of ether oxygens (including phenoxy) is 1. The molecule has 2 aromatic rings. The summed E-state index contributed by atoms with van der Waals surface area (Å²) >= 11 is 0. The summed E-state index contributed by atoms with van der Waals surface area (Å²) in [5, 5.41) is 0. The van der Waals surface area contributed by atoms with Crippen LogP contribution in [0, 0.1) is 6.92 Å². The van der Waals surface area contributed by atoms with E-state index in [-0.39, 0.29) is 31.5 Å². The van der Waals surface area contributed by atoms with Crippen LogP contribution in [0.3, 0.4) is 0 Å². The first-order valence-corrected chi connectivity index (χ1v) is 13.5. The highest BCUT2D eigenvalue weighted by molar-refractivity contribution is 6.09. The van der Waals surface area contributed by atoms with E-state index in [2.05, 4.69) is 17.9 Å². The number of piperazine rings is 1. The molecule has 1 saturated carbocycles. The molecule has 11 heteroatoms. The molecule has 5 amide bonds. The SMILES string of the molecule is CC(=O)N1CCN(c2cc(N3CCOC3=O)ccc2C(=O)N2CCN(c3ncc(C4CC4)cc3C)CC2)C1=O. The minimum atomic E-state index is -0.473. The van der Waals surface area contributed by atoms with Gasteiger partial charge in [0.1, 0.15) is 12.4 Å². The second-order valence-electron chi connectivity index (χ2n) is 10.5. The first-order chi connectivity index (χ1) is 18.8. The zero-order valence-corrected chi connectivity index (χ0v) is 22.3. The van der Waals surface area contributed by atoms with Crippen LogP contribution in [-0.2, 0) is 9.53 Å². The number of aromatic nitrogens is 1. The molecule has 0 N–H and O–H groups in total. The zero-order valence-electron chi connectivity index (χ0n) is 22.3. The summed E-state index contributed by atoms with van der Waals surface area (Å²) in [6.07, 6.45) is 3.99. The number of pyridine rings is 1. The van der Waals surface area contributed by atoms with Crippen molar-refractivity contribution in [2.24, 2.45) is 0 Å². The molecule has 1 aromatic heterocycles. The molecule has 0 bridgehead atoms. The number of anilines is 3. The van der Waals surface area contributed by atoms with Gasteiger partial charge < -0.3 is 14.5 Å². The Morgan fingerprint density at radius 2 is 1.72 bits per heavy atom. The standard InChI is InChI=1S/C28H32N6O5/c1-18-15-21(20-3-4-20)17-29-25(18)30-7-9-31(10-8-30)26(36)23-6-5-22(33-13-14-39-28(33)38)16-24(23)34-12-11-32(19(2)35)27(34)37/h5-6,15-17,20H,3-4,7-14H2,1-2H3. The van der Waals surface area contributed by atoms with Crippen molar-refractivity contribution in [1.82, 2.24) is 14.8 Å². The average Bonchev–Trinajstić information content (AvgIpc) is 3.59. The number of benzene rings is 1.